The van der Waals surface area contributed by atoms with Crippen molar-refractivity contribution in [2.45, 2.75) is 10.9 Å². The number of rotatable bonds is 5. The van der Waals surface area contributed by atoms with Gasteiger partial charge in [0.05, 0.1) is 5.02 Å². The van der Waals surface area contributed by atoms with Crippen molar-refractivity contribution in [1.29, 1.82) is 0 Å². The molecule has 106 valence electrons. The SMILES string of the molecule is CNC(CSc1ccccc1Cl)c1cc(F)cc(F)c1. The van der Waals surface area contributed by atoms with Gasteiger partial charge in [0, 0.05) is 22.8 Å². The summed E-state index contributed by atoms with van der Waals surface area (Å²) in [5, 5.41) is 3.74. The van der Waals surface area contributed by atoms with Crippen LogP contribution in [0, 0.1) is 11.6 Å². The zero-order valence-corrected chi connectivity index (χ0v) is 12.4. The molecular formula is C15H14ClF2NS. The predicted molar refractivity (Wildman–Crippen MR) is 80.3 cm³/mol. The predicted octanol–water partition coefficient (Wildman–Crippen LogP) is 4.67. The molecule has 0 aliphatic heterocycles. The maximum atomic E-state index is 13.3. The van der Waals surface area contributed by atoms with Crippen molar-refractivity contribution >= 4 is 23.4 Å². The van der Waals surface area contributed by atoms with Crippen LogP contribution in [0.25, 0.3) is 0 Å². The van der Waals surface area contributed by atoms with Crippen LogP contribution in [0.3, 0.4) is 0 Å². The molecule has 0 fully saturated rings. The molecule has 0 saturated carbocycles. The van der Waals surface area contributed by atoms with E-state index < -0.39 is 11.6 Å². The van der Waals surface area contributed by atoms with Gasteiger partial charge in [-0.05, 0) is 36.9 Å². The fraction of sp³-hybridized carbons (Fsp3) is 0.200. The van der Waals surface area contributed by atoms with E-state index in [1.54, 1.807) is 18.8 Å². The Labute approximate surface area is 126 Å². The summed E-state index contributed by atoms with van der Waals surface area (Å²) in [6, 6.07) is 10.9. The fourth-order valence-electron chi connectivity index (χ4n) is 1.86. The maximum Gasteiger partial charge on any atom is 0.126 e. The van der Waals surface area contributed by atoms with E-state index in [1.807, 2.05) is 24.3 Å². The third kappa shape index (κ3) is 3.95. The Morgan fingerprint density at radius 2 is 1.80 bits per heavy atom. The topological polar surface area (TPSA) is 12.0 Å². The number of hydrogen-bond acceptors (Lipinski definition) is 2. The minimum Gasteiger partial charge on any atom is -0.312 e. The van der Waals surface area contributed by atoms with Crippen molar-refractivity contribution in [3.63, 3.8) is 0 Å². The van der Waals surface area contributed by atoms with Crippen LogP contribution in [0.1, 0.15) is 11.6 Å². The molecule has 5 heteroatoms. The summed E-state index contributed by atoms with van der Waals surface area (Å²) in [6.07, 6.45) is 0. The molecule has 2 aromatic carbocycles. The van der Waals surface area contributed by atoms with E-state index in [2.05, 4.69) is 5.32 Å². The van der Waals surface area contributed by atoms with Crippen LogP contribution in [0.15, 0.2) is 47.4 Å². The van der Waals surface area contributed by atoms with Gasteiger partial charge in [-0.15, -0.1) is 11.8 Å². The molecule has 0 heterocycles. The van der Waals surface area contributed by atoms with Crippen molar-refractivity contribution in [3.8, 4) is 0 Å². The van der Waals surface area contributed by atoms with Gasteiger partial charge in [-0.1, -0.05) is 23.7 Å². The number of benzene rings is 2. The van der Waals surface area contributed by atoms with E-state index in [4.69, 9.17) is 11.6 Å². The average Bonchev–Trinajstić information content (AvgIpc) is 2.40. The summed E-state index contributed by atoms with van der Waals surface area (Å²) in [5.74, 6) is -0.505. The molecule has 1 N–H and O–H groups in total. The van der Waals surface area contributed by atoms with Gasteiger partial charge in [0.25, 0.3) is 0 Å². The second-order valence-corrected chi connectivity index (χ2v) is 5.75. The zero-order chi connectivity index (χ0) is 14.5. The lowest BCUT2D eigenvalue weighted by molar-refractivity contribution is 0.568. The lowest BCUT2D eigenvalue weighted by Crippen LogP contribution is -2.19. The molecule has 0 radical (unpaired) electrons. The van der Waals surface area contributed by atoms with Gasteiger partial charge >= 0.3 is 0 Å². The molecule has 2 rings (SSSR count). The number of thioether (sulfide) groups is 1. The fourth-order valence-corrected chi connectivity index (χ4v) is 3.24. The van der Waals surface area contributed by atoms with Crippen molar-refractivity contribution in [2.75, 3.05) is 12.8 Å². The van der Waals surface area contributed by atoms with Gasteiger partial charge in [0.1, 0.15) is 11.6 Å². The lowest BCUT2D eigenvalue weighted by atomic mass is 10.1. The first-order valence-corrected chi connectivity index (χ1v) is 7.47. The van der Waals surface area contributed by atoms with Gasteiger partial charge in [0.2, 0.25) is 0 Å². The van der Waals surface area contributed by atoms with E-state index in [-0.39, 0.29) is 6.04 Å². The largest absolute Gasteiger partial charge is 0.312 e. The molecule has 0 aliphatic rings. The summed E-state index contributed by atoms with van der Waals surface area (Å²) >= 11 is 7.63. The average molecular weight is 314 g/mol. The van der Waals surface area contributed by atoms with Gasteiger partial charge < -0.3 is 5.32 Å². The van der Waals surface area contributed by atoms with Crippen LogP contribution in [0.4, 0.5) is 8.78 Å². The molecule has 2 aromatic rings. The molecule has 0 spiro atoms. The van der Waals surface area contributed by atoms with Crippen molar-refractivity contribution in [1.82, 2.24) is 5.32 Å². The highest BCUT2D eigenvalue weighted by atomic mass is 35.5. The van der Waals surface area contributed by atoms with E-state index in [1.165, 1.54) is 12.1 Å². The van der Waals surface area contributed by atoms with Crippen LogP contribution in [0.5, 0.6) is 0 Å². The summed E-state index contributed by atoms with van der Waals surface area (Å²) in [7, 11) is 1.76. The minimum absolute atomic E-state index is 0.151. The van der Waals surface area contributed by atoms with Crippen LogP contribution >= 0.6 is 23.4 Å². The molecule has 0 bridgehead atoms. The summed E-state index contributed by atoms with van der Waals surface area (Å²) in [5.41, 5.74) is 0.588. The standard InChI is InChI=1S/C15H14ClF2NS/c1-19-14(10-6-11(17)8-12(18)7-10)9-20-15-5-3-2-4-13(15)16/h2-8,14,19H,9H2,1H3. The van der Waals surface area contributed by atoms with E-state index >= 15 is 0 Å². The van der Waals surface area contributed by atoms with Gasteiger partial charge in [-0.3, -0.25) is 0 Å². The first-order valence-electron chi connectivity index (χ1n) is 6.10. The summed E-state index contributed by atoms with van der Waals surface area (Å²) < 4.78 is 26.5. The van der Waals surface area contributed by atoms with Gasteiger partial charge in [0.15, 0.2) is 0 Å². The molecule has 0 amide bonds. The van der Waals surface area contributed by atoms with E-state index in [0.717, 1.165) is 11.0 Å². The molecule has 0 aromatic heterocycles. The monoisotopic (exact) mass is 313 g/mol. The first kappa shape index (κ1) is 15.3. The Kier molecular flexibility index (Phi) is 5.40. The Hall–Kier alpha value is -1.10. The van der Waals surface area contributed by atoms with Gasteiger partial charge in [-0.2, -0.15) is 0 Å². The van der Waals surface area contributed by atoms with Crippen molar-refractivity contribution in [3.05, 3.63) is 64.7 Å². The minimum atomic E-state index is -0.567. The quantitative estimate of drug-likeness (QED) is 0.805. The number of hydrogen-bond donors (Lipinski definition) is 1. The van der Waals surface area contributed by atoms with Crippen molar-refractivity contribution in [2.24, 2.45) is 0 Å². The van der Waals surface area contributed by atoms with Crippen LogP contribution in [-0.4, -0.2) is 12.8 Å². The highest BCUT2D eigenvalue weighted by molar-refractivity contribution is 7.99. The molecular weight excluding hydrogens is 300 g/mol. The molecule has 0 aliphatic carbocycles. The molecule has 1 unspecified atom stereocenters. The molecule has 1 nitrogen and oxygen atoms in total. The number of halogens is 3. The Morgan fingerprint density at radius 3 is 2.40 bits per heavy atom. The smallest absolute Gasteiger partial charge is 0.126 e. The second-order valence-electron chi connectivity index (χ2n) is 4.29. The molecule has 0 saturated heterocycles. The second kappa shape index (κ2) is 7.07. The molecule has 1 atom stereocenters. The third-order valence-electron chi connectivity index (χ3n) is 2.88. The Balaban J connectivity index is 2.11. The zero-order valence-electron chi connectivity index (χ0n) is 10.9. The van der Waals surface area contributed by atoms with Crippen LogP contribution in [-0.2, 0) is 0 Å². The summed E-state index contributed by atoms with van der Waals surface area (Å²) in [6.45, 7) is 0. The summed E-state index contributed by atoms with van der Waals surface area (Å²) in [4.78, 5) is 0.950. The van der Waals surface area contributed by atoms with Crippen molar-refractivity contribution < 1.29 is 8.78 Å². The highest BCUT2D eigenvalue weighted by Gasteiger charge is 2.13. The van der Waals surface area contributed by atoms with Crippen LogP contribution < -0.4 is 5.32 Å². The lowest BCUT2D eigenvalue weighted by Gasteiger charge is -2.17. The van der Waals surface area contributed by atoms with E-state index in [9.17, 15) is 8.78 Å². The van der Waals surface area contributed by atoms with Gasteiger partial charge in [-0.25, -0.2) is 8.78 Å². The molecule has 20 heavy (non-hydrogen) atoms. The number of nitrogens with one attached hydrogen (secondary N) is 1. The Bertz CT molecular complexity index is 572. The van der Waals surface area contributed by atoms with Crippen LogP contribution in [0.2, 0.25) is 5.02 Å². The first-order chi connectivity index (χ1) is 9.60. The third-order valence-corrected chi connectivity index (χ3v) is 4.49. The maximum absolute atomic E-state index is 13.3. The highest BCUT2D eigenvalue weighted by Crippen LogP contribution is 2.30. The Morgan fingerprint density at radius 1 is 1.15 bits per heavy atom. The normalized spacial score (nSPS) is 12.4. The van der Waals surface area contributed by atoms with E-state index in [0.29, 0.717) is 16.3 Å².